The maximum atomic E-state index is 11.8. The van der Waals surface area contributed by atoms with E-state index in [1.807, 2.05) is 6.92 Å². The minimum Gasteiger partial charge on any atom is -0.315 e. The van der Waals surface area contributed by atoms with Gasteiger partial charge in [-0.25, -0.2) is 13.1 Å². The number of hydrogen-bond donors (Lipinski definition) is 2. The average Bonchev–Trinajstić information content (AvgIpc) is 2.99. The molecule has 1 rings (SSSR count). The van der Waals surface area contributed by atoms with E-state index in [1.54, 1.807) is 0 Å². The smallest absolute Gasteiger partial charge is 0.211 e. The Kier molecular flexibility index (Phi) is 6.60. The first-order valence-corrected chi connectivity index (χ1v) is 8.77. The number of hydrogen-bond acceptors (Lipinski definition) is 3. The third-order valence-corrected chi connectivity index (χ3v) is 4.74. The molecule has 0 amide bonds. The predicted octanol–water partition coefficient (Wildman–Crippen LogP) is 1.87. The van der Waals surface area contributed by atoms with Gasteiger partial charge >= 0.3 is 0 Å². The zero-order chi connectivity index (χ0) is 13.6. The van der Waals surface area contributed by atoms with Gasteiger partial charge in [-0.3, -0.25) is 0 Å². The van der Waals surface area contributed by atoms with Crippen molar-refractivity contribution in [3.05, 3.63) is 0 Å². The van der Waals surface area contributed by atoms with E-state index in [0.717, 1.165) is 31.7 Å². The van der Waals surface area contributed by atoms with E-state index in [4.69, 9.17) is 0 Å². The van der Waals surface area contributed by atoms with Gasteiger partial charge in [-0.05, 0) is 38.6 Å². The fourth-order valence-corrected chi connectivity index (χ4v) is 3.49. The Morgan fingerprint density at radius 1 is 1.17 bits per heavy atom. The maximum Gasteiger partial charge on any atom is 0.211 e. The molecule has 1 atom stereocenters. The average molecular weight is 276 g/mol. The van der Waals surface area contributed by atoms with Gasteiger partial charge in [0.25, 0.3) is 0 Å². The van der Waals surface area contributed by atoms with Gasteiger partial charge in [-0.2, -0.15) is 0 Å². The lowest BCUT2D eigenvalue weighted by Gasteiger charge is -2.14. The van der Waals surface area contributed by atoms with Crippen molar-refractivity contribution in [2.45, 2.75) is 65.0 Å². The molecule has 0 aliphatic heterocycles. The SMILES string of the molecule is CC(C)NCCCCS(=O)(=O)NC(C)CC1CC1. The van der Waals surface area contributed by atoms with Crippen LogP contribution >= 0.6 is 0 Å². The molecule has 0 bridgehead atoms. The highest BCUT2D eigenvalue weighted by Crippen LogP contribution is 2.33. The molecule has 2 N–H and O–H groups in total. The van der Waals surface area contributed by atoms with Crippen LogP contribution in [0.1, 0.15) is 52.9 Å². The summed E-state index contributed by atoms with van der Waals surface area (Å²) in [5.74, 6) is 1.01. The van der Waals surface area contributed by atoms with E-state index in [-0.39, 0.29) is 11.8 Å². The van der Waals surface area contributed by atoms with E-state index in [9.17, 15) is 8.42 Å². The summed E-state index contributed by atoms with van der Waals surface area (Å²) in [6, 6.07) is 0.564. The molecule has 0 aromatic rings. The lowest BCUT2D eigenvalue weighted by molar-refractivity contribution is 0.524. The van der Waals surface area contributed by atoms with Crippen molar-refractivity contribution in [2.75, 3.05) is 12.3 Å². The first-order valence-electron chi connectivity index (χ1n) is 7.12. The Hall–Kier alpha value is -0.130. The Morgan fingerprint density at radius 3 is 2.39 bits per heavy atom. The zero-order valence-electron chi connectivity index (χ0n) is 11.9. The molecule has 108 valence electrons. The largest absolute Gasteiger partial charge is 0.315 e. The lowest BCUT2D eigenvalue weighted by atomic mass is 10.2. The van der Waals surface area contributed by atoms with E-state index in [2.05, 4.69) is 23.9 Å². The summed E-state index contributed by atoms with van der Waals surface area (Å²) in [4.78, 5) is 0. The number of rotatable bonds is 10. The number of unbranched alkanes of at least 4 members (excludes halogenated alkanes) is 1. The number of nitrogens with one attached hydrogen (secondary N) is 2. The van der Waals surface area contributed by atoms with Crippen LogP contribution in [-0.2, 0) is 10.0 Å². The fourth-order valence-electron chi connectivity index (χ4n) is 2.07. The van der Waals surface area contributed by atoms with Gasteiger partial charge in [0, 0.05) is 12.1 Å². The van der Waals surface area contributed by atoms with Gasteiger partial charge in [0.05, 0.1) is 5.75 Å². The van der Waals surface area contributed by atoms with E-state index in [1.165, 1.54) is 12.8 Å². The fraction of sp³-hybridized carbons (Fsp3) is 1.00. The van der Waals surface area contributed by atoms with Crippen LogP contribution < -0.4 is 10.0 Å². The molecule has 0 aromatic carbocycles. The van der Waals surface area contributed by atoms with Crippen molar-refractivity contribution in [3.8, 4) is 0 Å². The standard InChI is InChI=1S/C13H28N2O2S/c1-11(2)14-8-4-5-9-18(16,17)15-12(3)10-13-6-7-13/h11-15H,4-10H2,1-3H3. The molecule has 1 aliphatic rings. The minimum absolute atomic E-state index is 0.0938. The van der Waals surface area contributed by atoms with Crippen LogP contribution in [-0.4, -0.2) is 32.8 Å². The highest BCUT2D eigenvalue weighted by molar-refractivity contribution is 7.89. The topological polar surface area (TPSA) is 58.2 Å². The van der Waals surface area contributed by atoms with Crippen molar-refractivity contribution < 1.29 is 8.42 Å². The van der Waals surface area contributed by atoms with Crippen molar-refractivity contribution in [2.24, 2.45) is 5.92 Å². The molecule has 1 aliphatic carbocycles. The summed E-state index contributed by atoms with van der Waals surface area (Å²) in [6.07, 6.45) is 5.18. The highest BCUT2D eigenvalue weighted by atomic mass is 32.2. The molecule has 0 aromatic heterocycles. The van der Waals surface area contributed by atoms with Crippen LogP contribution in [0.25, 0.3) is 0 Å². The summed E-state index contributed by atoms with van der Waals surface area (Å²) in [7, 11) is -3.08. The summed E-state index contributed by atoms with van der Waals surface area (Å²) in [6.45, 7) is 7.05. The third kappa shape index (κ3) is 8.06. The van der Waals surface area contributed by atoms with Crippen molar-refractivity contribution in [3.63, 3.8) is 0 Å². The normalized spacial score (nSPS) is 18.2. The van der Waals surface area contributed by atoms with Crippen LogP contribution in [0.2, 0.25) is 0 Å². The lowest BCUT2D eigenvalue weighted by Crippen LogP contribution is -2.35. The highest BCUT2D eigenvalue weighted by Gasteiger charge is 2.25. The molecule has 0 heterocycles. The van der Waals surface area contributed by atoms with Crippen LogP contribution in [0.15, 0.2) is 0 Å². The molecule has 1 fully saturated rings. The molecular weight excluding hydrogens is 248 g/mol. The van der Waals surface area contributed by atoms with Crippen molar-refractivity contribution in [1.29, 1.82) is 0 Å². The summed E-state index contributed by atoms with van der Waals surface area (Å²) >= 11 is 0. The second-order valence-corrected chi connectivity index (χ2v) is 7.71. The van der Waals surface area contributed by atoms with Gasteiger partial charge in [0.1, 0.15) is 0 Å². The molecule has 0 radical (unpaired) electrons. The molecule has 18 heavy (non-hydrogen) atoms. The van der Waals surface area contributed by atoms with Crippen LogP contribution in [0, 0.1) is 5.92 Å². The Morgan fingerprint density at radius 2 is 1.83 bits per heavy atom. The van der Waals surface area contributed by atoms with Crippen LogP contribution in [0.5, 0.6) is 0 Å². The zero-order valence-corrected chi connectivity index (χ0v) is 12.7. The predicted molar refractivity (Wildman–Crippen MR) is 76.1 cm³/mol. The van der Waals surface area contributed by atoms with Gasteiger partial charge in [-0.15, -0.1) is 0 Å². The first-order chi connectivity index (χ1) is 8.39. The molecule has 1 unspecified atom stereocenters. The minimum atomic E-state index is -3.08. The Bertz CT molecular complexity index is 324. The Labute approximate surface area is 112 Å². The van der Waals surface area contributed by atoms with Crippen molar-refractivity contribution in [1.82, 2.24) is 10.0 Å². The molecule has 4 nitrogen and oxygen atoms in total. The molecule has 5 heteroatoms. The quantitative estimate of drug-likeness (QED) is 0.599. The monoisotopic (exact) mass is 276 g/mol. The molecule has 0 spiro atoms. The number of sulfonamides is 1. The van der Waals surface area contributed by atoms with E-state index in [0.29, 0.717) is 6.04 Å². The first kappa shape index (κ1) is 15.9. The van der Waals surface area contributed by atoms with Crippen molar-refractivity contribution >= 4 is 10.0 Å². The molecule has 1 saturated carbocycles. The second kappa shape index (κ2) is 7.46. The Balaban J connectivity index is 2.10. The van der Waals surface area contributed by atoms with Crippen LogP contribution in [0.4, 0.5) is 0 Å². The molecular formula is C13H28N2O2S. The maximum absolute atomic E-state index is 11.8. The second-order valence-electron chi connectivity index (χ2n) is 5.83. The van der Waals surface area contributed by atoms with E-state index < -0.39 is 10.0 Å². The van der Waals surface area contributed by atoms with E-state index >= 15 is 0 Å². The van der Waals surface area contributed by atoms with Gasteiger partial charge in [-0.1, -0.05) is 26.7 Å². The summed E-state index contributed by atoms with van der Waals surface area (Å²) in [5, 5.41) is 3.29. The summed E-state index contributed by atoms with van der Waals surface area (Å²) in [5.41, 5.74) is 0. The third-order valence-electron chi connectivity index (χ3n) is 3.16. The van der Waals surface area contributed by atoms with Gasteiger partial charge in [0.15, 0.2) is 0 Å². The molecule has 0 saturated heterocycles. The van der Waals surface area contributed by atoms with Gasteiger partial charge in [0.2, 0.25) is 10.0 Å². The van der Waals surface area contributed by atoms with Crippen LogP contribution in [0.3, 0.4) is 0 Å². The summed E-state index contributed by atoms with van der Waals surface area (Å²) < 4.78 is 26.4. The van der Waals surface area contributed by atoms with Gasteiger partial charge < -0.3 is 5.32 Å².